The molecule has 0 bridgehead atoms. The summed E-state index contributed by atoms with van der Waals surface area (Å²) in [6.45, 7) is 1.76. The molecule has 1 atom stereocenters. The molecule has 94 valence electrons. The van der Waals surface area contributed by atoms with E-state index in [1.165, 1.54) is 12.1 Å². The summed E-state index contributed by atoms with van der Waals surface area (Å²) in [5.41, 5.74) is 0.473. The number of benzene rings is 1. The molecule has 1 aromatic rings. The summed E-state index contributed by atoms with van der Waals surface area (Å²) in [4.78, 5) is 0.0331. The van der Waals surface area contributed by atoms with Gasteiger partial charge in [-0.2, -0.15) is 0 Å². The molecule has 6 heteroatoms. The van der Waals surface area contributed by atoms with Gasteiger partial charge in [0.1, 0.15) is 5.82 Å². The maximum absolute atomic E-state index is 13.2. The summed E-state index contributed by atoms with van der Waals surface area (Å²) >= 11 is 0. The molecule has 1 aliphatic heterocycles. The first-order valence-corrected chi connectivity index (χ1v) is 7.03. The molecule has 1 aromatic carbocycles. The van der Waals surface area contributed by atoms with Crippen LogP contribution in [-0.2, 0) is 16.4 Å². The molecule has 1 aliphatic rings. The van der Waals surface area contributed by atoms with Gasteiger partial charge >= 0.3 is 0 Å². The summed E-state index contributed by atoms with van der Waals surface area (Å²) in [6, 6.07) is 3.62. The second kappa shape index (κ2) is 4.72. The molecule has 4 nitrogen and oxygen atoms in total. The third kappa shape index (κ3) is 3.02. The zero-order valence-electron chi connectivity index (χ0n) is 9.32. The van der Waals surface area contributed by atoms with Crippen LogP contribution in [0.15, 0.2) is 23.1 Å². The van der Waals surface area contributed by atoms with Crippen molar-refractivity contribution < 1.29 is 12.8 Å². The molecule has 1 saturated heterocycles. The molecule has 0 aromatic heterocycles. The molecule has 2 rings (SSSR count). The highest BCUT2D eigenvalue weighted by molar-refractivity contribution is 7.89. The van der Waals surface area contributed by atoms with Gasteiger partial charge in [0.2, 0.25) is 10.0 Å². The molecule has 0 spiro atoms. The highest BCUT2D eigenvalue weighted by Crippen LogP contribution is 2.22. The largest absolute Gasteiger partial charge is 0.316 e. The van der Waals surface area contributed by atoms with Gasteiger partial charge in [0, 0.05) is 0 Å². The summed E-state index contributed by atoms with van der Waals surface area (Å²) in [7, 11) is -3.78. The maximum Gasteiger partial charge on any atom is 0.238 e. The second-order valence-electron chi connectivity index (χ2n) is 4.36. The van der Waals surface area contributed by atoms with E-state index in [2.05, 4.69) is 5.32 Å². The number of rotatable bonds is 3. The predicted octanol–water partition coefficient (Wildman–Crippen LogP) is 0.625. The van der Waals surface area contributed by atoms with Crippen LogP contribution in [0.2, 0.25) is 0 Å². The molecular weight excluding hydrogens is 243 g/mol. The highest BCUT2D eigenvalue weighted by Gasteiger charge is 2.20. The van der Waals surface area contributed by atoms with Gasteiger partial charge in [-0.15, -0.1) is 0 Å². The molecule has 3 N–H and O–H groups in total. The minimum Gasteiger partial charge on any atom is -0.316 e. The van der Waals surface area contributed by atoms with Gasteiger partial charge in [-0.05, 0) is 55.6 Å². The lowest BCUT2D eigenvalue weighted by molar-refractivity contribution is 0.561. The second-order valence-corrected chi connectivity index (χ2v) is 5.89. The van der Waals surface area contributed by atoms with Crippen LogP contribution in [0.4, 0.5) is 4.39 Å². The van der Waals surface area contributed by atoms with Crippen LogP contribution in [0.25, 0.3) is 0 Å². The molecule has 0 saturated carbocycles. The Hall–Kier alpha value is -0.980. The Labute approximate surface area is 100 Å². The molecule has 0 unspecified atom stereocenters. The fourth-order valence-corrected chi connectivity index (χ4v) is 2.95. The number of halogens is 1. The first kappa shape index (κ1) is 12.5. The van der Waals surface area contributed by atoms with Crippen LogP contribution in [-0.4, -0.2) is 21.5 Å². The van der Waals surface area contributed by atoms with Crippen LogP contribution in [0.3, 0.4) is 0 Å². The lowest BCUT2D eigenvalue weighted by atomic mass is 9.98. The Kier molecular flexibility index (Phi) is 3.46. The van der Waals surface area contributed by atoms with Crippen molar-refractivity contribution in [2.24, 2.45) is 11.1 Å². The van der Waals surface area contributed by atoms with Crippen LogP contribution in [0.1, 0.15) is 12.0 Å². The first-order valence-electron chi connectivity index (χ1n) is 5.49. The number of hydrogen-bond acceptors (Lipinski definition) is 3. The van der Waals surface area contributed by atoms with Gasteiger partial charge in [-0.3, -0.25) is 0 Å². The van der Waals surface area contributed by atoms with Gasteiger partial charge in [0.05, 0.1) is 4.90 Å². The van der Waals surface area contributed by atoms with Gasteiger partial charge < -0.3 is 5.32 Å². The number of nitrogens with one attached hydrogen (secondary N) is 1. The monoisotopic (exact) mass is 258 g/mol. The van der Waals surface area contributed by atoms with Gasteiger partial charge in [0.15, 0.2) is 0 Å². The first-order chi connectivity index (χ1) is 7.97. The van der Waals surface area contributed by atoms with Crippen molar-refractivity contribution >= 4 is 10.0 Å². The summed E-state index contributed by atoms with van der Waals surface area (Å²) < 4.78 is 35.9. The van der Waals surface area contributed by atoms with Gasteiger partial charge in [0.25, 0.3) is 0 Å². The van der Waals surface area contributed by atoms with Crippen molar-refractivity contribution in [1.82, 2.24) is 5.32 Å². The standard InChI is InChI=1S/C11H15FN2O2S/c12-10-1-2-11(17(13,15)16)9(6-10)5-8-3-4-14-7-8/h1-2,6,8,14H,3-5,7H2,(H2,13,15,16)/t8-/m0/s1. The third-order valence-electron chi connectivity index (χ3n) is 3.00. The number of hydrogen-bond donors (Lipinski definition) is 2. The average molecular weight is 258 g/mol. The van der Waals surface area contributed by atoms with Crippen LogP contribution in [0, 0.1) is 11.7 Å². The fourth-order valence-electron chi connectivity index (χ4n) is 2.18. The SMILES string of the molecule is NS(=O)(=O)c1ccc(F)cc1C[C@@H]1CCNC1. The fraction of sp³-hybridized carbons (Fsp3) is 0.455. The minimum atomic E-state index is -3.78. The van der Waals surface area contributed by atoms with E-state index in [4.69, 9.17) is 5.14 Å². The lowest BCUT2D eigenvalue weighted by Gasteiger charge is -2.12. The van der Waals surface area contributed by atoms with Crippen molar-refractivity contribution in [3.63, 3.8) is 0 Å². The normalized spacial score (nSPS) is 20.7. The van der Waals surface area contributed by atoms with Gasteiger partial charge in [-0.1, -0.05) is 0 Å². The van der Waals surface area contributed by atoms with Crippen molar-refractivity contribution in [3.8, 4) is 0 Å². The van der Waals surface area contributed by atoms with Gasteiger partial charge in [-0.25, -0.2) is 17.9 Å². The zero-order chi connectivity index (χ0) is 12.5. The Morgan fingerprint density at radius 2 is 2.24 bits per heavy atom. The Bertz CT molecular complexity index is 510. The topological polar surface area (TPSA) is 72.2 Å². The van der Waals surface area contributed by atoms with E-state index in [0.29, 0.717) is 17.9 Å². The summed E-state index contributed by atoms with van der Waals surface area (Å²) in [5, 5.41) is 8.31. The van der Waals surface area contributed by atoms with E-state index in [0.717, 1.165) is 25.6 Å². The van der Waals surface area contributed by atoms with E-state index >= 15 is 0 Å². The summed E-state index contributed by atoms with van der Waals surface area (Å²) in [6.07, 6.45) is 1.51. The van der Waals surface area contributed by atoms with E-state index < -0.39 is 15.8 Å². The molecule has 0 amide bonds. The third-order valence-corrected chi connectivity index (χ3v) is 4.01. The van der Waals surface area contributed by atoms with Crippen molar-refractivity contribution in [1.29, 1.82) is 0 Å². The Morgan fingerprint density at radius 3 is 2.82 bits per heavy atom. The molecule has 0 radical (unpaired) electrons. The lowest BCUT2D eigenvalue weighted by Crippen LogP contribution is -2.17. The molecular formula is C11H15FN2O2S. The quantitative estimate of drug-likeness (QED) is 0.835. The van der Waals surface area contributed by atoms with Crippen molar-refractivity contribution in [3.05, 3.63) is 29.6 Å². The molecule has 0 aliphatic carbocycles. The predicted molar refractivity (Wildman–Crippen MR) is 62.5 cm³/mol. The van der Waals surface area contributed by atoms with Crippen molar-refractivity contribution in [2.75, 3.05) is 13.1 Å². The smallest absolute Gasteiger partial charge is 0.238 e. The maximum atomic E-state index is 13.2. The van der Waals surface area contributed by atoms with E-state index in [1.807, 2.05) is 0 Å². The molecule has 1 fully saturated rings. The van der Waals surface area contributed by atoms with E-state index in [9.17, 15) is 12.8 Å². The van der Waals surface area contributed by atoms with Crippen LogP contribution < -0.4 is 10.5 Å². The number of sulfonamides is 1. The highest BCUT2D eigenvalue weighted by atomic mass is 32.2. The summed E-state index contributed by atoms with van der Waals surface area (Å²) in [5.74, 6) is -0.0874. The molecule has 1 heterocycles. The molecule has 17 heavy (non-hydrogen) atoms. The Balaban J connectivity index is 2.33. The van der Waals surface area contributed by atoms with Crippen molar-refractivity contribution in [2.45, 2.75) is 17.7 Å². The van der Waals surface area contributed by atoms with Crippen LogP contribution in [0.5, 0.6) is 0 Å². The minimum absolute atomic E-state index is 0.0331. The zero-order valence-corrected chi connectivity index (χ0v) is 10.1. The number of nitrogens with two attached hydrogens (primary N) is 1. The number of primary sulfonamides is 1. The van der Waals surface area contributed by atoms with Crippen LogP contribution >= 0.6 is 0 Å². The van der Waals surface area contributed by atoms with E-state index in [-0.39, 0.29) is 4.90 Å². The van der Waals surface area contributed by atoms with E-state index in [1.54, 1.807) is 0 Å². The Morgan fingerprint density at radius 1 is 1.47 bits per heavy atom. The average Bonchev–Trinajstić information content (AvgIpc) is 2.68.